The smallest absolute Gasteiger partial charge is 0.338 e. The molecule has 3 heterocycles. The average Bonchev–Trinajstić information content (AvgIpc) is 3.73. The SMILES string of the molecule is CCCCCCCCCCCCCCCC(=O)OCc1ccccc1C(=O)OC[C@@]1(C)O[C@@H](n2cnc3c(NC(=O)CCCSC(C)=O)nc(F)nc32)C[C@@H]1O. The van der Waals surface area contributed by atoms with E-state index in [9.17, 15) is 28.7 Å². The van der Waals surface area contributed by atoms with E-state index in [1.165, 1.54) is 82.0 Å². The molecule has 0 radical (unpaired) electrons. The number of carbonyl (C=O) groups is 4. The van der Waals surface area contributed by atoms with Gasteiger partial charge in [0.25, 0.3) is 0 Å². The van der Waals surface area contributed by atoms with Crippen LogP contribution >= 0.6 is 11.8 Å². The maximum absolute atomic E-state index is 14.6. The molecular formula is C41H58FN5O8S. The van der Waals surface area contributed by atoms with E-state index >= 15 is 0 Å². The second-order valence-electron chi connectivity index (χ2n) is 14.7. The molecule has 56 heavy (non-hydrogen) atoms. The first-order chi connectivity index (χ1) is 27.0. The third-order valence-electron chi connectivity index (χ3n) is 9.95. The molecular weight excluding hydrogens is 742 g/mol. The van der Waals surface area contributed by atoms with Crippen molar-refractivity contribution in [2.45, 2.75) is 154 Å². The number of anilines is 1. The maximum atomic E-state index is 14.6. The molecule has 1 aromatic carbocycles. The highest BCUT2D eigenvalue weighted by Gasteiger charge is 2.47. The molecule has 1 saturated heterocycles. The molecule has 15 heteroatoms. The Labute approximate surface area is 333 Å². The van der Waals surface area contributed by atoms with Crippen LogP contribution in [0.4, 0.5) is 10.2 Å². The zero-order chi connectivity index (χ0) is 40.3. The minimum Gasteiger partial charge on any atom is -0.461 e. The Balaban J connectivity index is 1.21. The molecule has 0 saturated carbocycles. The van der Waals surface area contributed by atoms with E-state index in [0.717, 1.165) is 31.0 Å². The number of hydrogen-bond acceptors (Lipinski definition) is 12. The highest BCUT2D eigenvalue weighted by Crippen LogP contribution is 2.38. The number of carbonyl (C=O) groups excluding carboxylic acids is 4. The molecule has 3 atom stereocenters. The van der Waals surface area contributed by atoms with Crippen LogP contribution in [0.5, 0.6) is 0 Å². The topological polar surface area (TPSA) is 172 Å². The van der Waals surface area contributed by atoms with Crippen molar-refractivity contribution in [3.63, 3.8) is 0 Å². The van der Waals surface area contributed by atoms with E-state index in [-0.39, 0.29) is 59.7 Å². The highest BCUT2D eigenvalue weighted by molar-refractivity contribution is 8.13. The van der Waals surface area contributed by atoms with Crippen molar-refractivity contribution in [3.05, 3.63) is 47.8 Å². The van der Waals surface area contributed by atoms with Crippen molar-refractivity contribution in [3.8, 4) is 0 Å². The first-order valence-electron chi connectivity index (χ1n) is 20.1. The van der Waals surface area contributed by atoms with Gasteiger partial charge >= 0.3 is 18.0 Å². The average molecular weight is 800 g/mol. The van der Waals surface area contributed by atoms with Gasteiger partial charge in [0, 0.05) is 37.5 Å². The van der Waals surface area contributed by atoms with Gasteiger partial charge in [-0.2, -0.15) is 14.4 Å². The van der Waals surface area contributed by atoms with Crippen LogP contribution < -0.4 is 5.32 Å². The van der Waals surface area contributed by atoms with Crippen molar-refractivity contribution < 1.29 is 42.9 Å². The van der Waals surface area contributed by atoms with Crippen LogP contribution in [-0.4, -0.2) is 71.7 Å². The van der Waals surface area contributed by atoms with Gasteiger partial charge in [0.05, 0.1) is 18.0 Å². The molecule has 1 amide bonds. The second kappa shape index (κ2) is 23.3. The van der Waals surface area contributed by atoms with Crippen LogP contribution in [0.15, 0.2) is 30.6 Å². The van der Waals surface area contributed by atoms with Gasteiger partial charge in [-0.15, -0.1) is 0 Å². The summed E-state index contributed by atoms with van der Waals surface area (Å²) >= 11 is 1.12. The van der Waals surface area contributed by atoms with Gasteiger partial charge < -0.3 is 24.6 Å². The first kappa shape index (κ1) is 44.8. The molecule has 0 aliphatic carbocycles. The summed E-state index contributed by atoms with van der Waals surface area (Å²) in [6.45, 7) is 4.91. The van der Waals surface area contributed by atoms with Crippen LogP contribution in [0.25, 0.3) is 11.2 Å². The third-order valence-corrected chi connectivity index (χ3v) is 10.9. The number of nitrogens with zero attached hydrogens (tertiary/aromatic N) is 4. The third kappa shape index (κ3) is 14.2. The minimum absolute atomic E-state index is 0.0379. The molecule has 2 N–H and O–H groups in total. The molecule has 308 valence electrons. The number of nitrogens with one attached hydrogen (secondary N) is 1. The lowest BCUT2D eigenvalue weighted by atomic mass is 10.0. The molecule has 1 aliphatic rings. The summed E-state index contributed by atoms with van der Waals surface area (Å²) in [6.07, 6.45) is 15.1. The number of benzene rings is 1. The summed E-state index contributed by atoms with van der Waals surface area (Å²) < 4.78 is 33.3. The van der Waals surface area contributed by atoms with Gasteiger partial charge in [-0.1, -0.05) is 114 Å². The monoisotopic (exact) mass is 799 g/mol. The maximum Gasteiger partial charge on any atom is 0.338 e. The Kier molecular flexibility index (Phi) is 18.6. The molecule has 1 aliphatic heterocycles. The lowest BCUT2D eigenvalue weighted by molar-refractivity contribution is -0.145. The van der Waals surface area contributed by atoms with Gasteiger partial charge in [0.15, 0.2) is 22.1 Å². The van der Waals surface area contributed by atoms with Gasteiger partial charge in [0.1, 0.15) is 25.0 Å². The van der Waals surface area contributed by atoms with Crippen molar-refractivity contribution in [1.29, 1.82) is 0 Å². The number of fused-ring (bicyclic) bond motifs is 1. The number of esters is 2. The predicted octanol–water partition coefficient (Wildman–Crippen LogP) is 8.38. The molecule has 0 spiro atoms. The molecule has 2 aromatic heterocycles. The highest BCUT2D eigenvalue weighted by atomic mass is 32.2. The van der Waals surface area contributed by atoms with Gasteiger partial charge in [0.2, 0.25) is 5.91 Å². The zero-order valence-corrected chi connectivity index (χ0v) is 33.9. The summed E-state index contributed by atoms with van der Waals surface area (Å²) in [4.78, 5) is 61.2. The van der Waals surface area contributed by atoms with E-state index < -0.39 is 35.9 Å². The Morgan fingerprint density at radius 2 is 1.61 bits per heavy atom. The predicted molar refractivity (Wildman–Crippen MR) is 212 cm³/mol. The molecule has 1 fully saturated rings. The lowest BCUT2D eigenvalue weighted by Gasteiger charge is -2.27. The summed E-state index contributed by atoms with van der Waals surface area (Å²) in [5.74, 6) is -1.05. The zero-order valence-electron chi connectivity index (χ0n) is 33.1. The number of aliphatic hydroxyl groups excluding tert-OH is 1. The lowest BCUT2D eigenvalue weighted by Crippen LogP contribution is -2.41. The standard InChI is InChI=1S/C41H58FN5O8S/c1-4-5-6-7-8-9-10-11-12-13-14-15-16-23-35(51)53-26-30-20-17-18-21-31(30)39(52)54-27-41(3)32(49)25-34(55-41)47-28-43-36-37(45-40(42)46-38(36)47)44-33(50)22-19-24-56-29(2)48/h17-18,20-21,28,32,34,49H,4-16,19,22-27H2,1-3H3,(H,44,45,46,50)/t32-,34+,41+/m0/s1. The number of thioether (sulfide) groups is 1. The summed E-state index contributed by atoms with van der Waals surface area (Å²) in [6, 6.07) is 6.71. The van der Waals surface area contributed by atoms with Crippen molar-refractivity contribution in [1.82, 2.24) is 19.5 Å². The summed E-state index contributed by atoms with van der Waals surface area (Å²) in [7, 11) is 0. The molecule has 3 aromatic rings. The minimum atomic E-state index is -1.34. The van der Waals surface area contributed by atoms with Crippen molar-refractivity contribution >= 4 is 51.7 Å². The van der Waals surface area contributed by atoms with Crippen LogP contribution in [0.2, 0.25) is 0 Å². The van der Waals surface area contributed by atoms with Crippen LogP contribution in [0, 0.1) is 6.08 Å². The Morgan fingerprint density at radius 3 is 2.29 bits per heavy atom. The number of unbranched alkanes of at least 4 members (excludes halogenated alkanes) is 12. The summed E-state index contributed by atoms with van der Waals surface area (Å²) in [5.41, 5.74) is -0.453. The number of hydrogen-bond donors (Lipinski definition) is 2. The van der Waals surface area contributed by atoms with Gasteiger partial charge in [-0.05, 0) is 25.8 Å². The van der Waals surface area contributed by atoms with Crippen LogP contribution in [-0.2, 0) is 35.2 Å². The fourth-order valence-electron chi connectivity index (χ4n) is 6.66. The van der Waals surface area contributed by atoms with E-state index in [1.54, 1.807) is 31.2 Å². The fraction of sp³-hybridized carbons (Fsp3) is 0.634. The number of halogens is 1. The number of rotatable bonds is 25. The van der Waals surface area contributed by atoms with Crippen molar-refractivity contribution in [2.24, 2.45) is 0 Å². The van der Waals surface area contributed by atoms with E-state index in [1.807, 2.05) is 0 Å². The number of ether oxygens (including phenoxy) is 3. The van der Waals surface area contributed by atoms with E-state index in [0.29, 0.717) is 24.2 Å². The Morgan fingerprint density at radius 1 is 0.946 bits per heavy atom. The molecule has 0 unspecified atom stereocenters. The fourth-order valence-corrected chi connectivity index (χ4v) is 7.23. The van der Waals surface area contributed by atoms with E-state index in [4.69, 9.17) is 14.2 Å². The first-order valence-corrected chi connectivity index (χ1v) is 21.1. The largest absolute Gasteiger partial charge is 0.461 e. The van der Waals surface area contributed by atoms with Crippen LogP contribution in [0.3, 0.4) is 0 Å². The molecule has 4 rings (SSSR count). The quantitative estimate of drug-likeness (QED) is 0.0477. The summed E-state index contributed by atoms with van der Waals surface area (Å²) in [5, 5.41) is 13.6. The Bertz CT molecular complexity index is 1740. The number of amides is 1. The van der Waals surface area contributed by atoms with E-state index in [2.05, 4.69) is 27.2 Å². The molecule has 13 nitrogen and oxygen atoms in total. The van der Waals surface area contributed by atoms with Crippen LogP contribution in [0.1, 0.15) is 152 Å². The number of aliphatic hydroxyl groups is 1. The normalized spacial score (nSPS) is 17.9. The number of imidazole rings is 1. The van der Waals surface area contributed by atoms with Crippen molar-refractivity contribution in [2.75, 3.05) is 17.7 Å². The number of aromatic nitrogens is 4. The molecule has 0 bridgehead atoms. The van der Waals surface area contributed by atoms with Gasteiger partial charge in [-0.25, -0.2) is 9.78 Å². The second-order valence-corrected chi connectivity index (χ2v) is 16.0. The van der Waals surface area contributed by atoms with Gasteiger partial charge in [-0.3, -0.25) is 19.0 Å². The Hall–Kier alpha value is -3.95.